The maximum atomic E-state index is 12.7. The van der Waals surface area contributed by atoms with E-state index in [0.29, 0.717) is 47.9 Å². The number of amides is 1. The highest BCUT2D eigenvalue weighted by atomic mass is 16.6. The van der Waals surface area contributed by atoms with Gasteiger partial charge in [-0.3, -0.25) is 20.1 Å². The van der Waals surface area contributed by atoms with Gasteiger partial charge < -0.3 is 24.4 Å². The smallest absolute Gasteiger partial charge is 0.410 e. The SMILES string of the molecule is C=C(C)c1ccc2c(c1)C(c1cncc(O[C@H]3CN(C(=O)OC(C)(C)C)CCC34CC4)n1)=NC2.CC1(c2ccc3[nH]nc(-c4cncc(O[C@H]5CNCCC56CC6)n4)c3c2)CC1. The topological polar surface area (TPSA) is 153 Å². The fourth-order valence-electron chi connectivity index (χ4n) is 9.30. The van der Waals surface area contributed by atoms with Crippen LogP contribution in [0.2, 0.25) is 0 Å². The Morgan fingerprint density at radius 1 is 0.855 bits per heavy atom. The van der Waals surface area contributed by atoms with Gasteiger partial charge in [0.25, 0.3) is 0 Å². The van der Waals surface area contributed by atoms with Crippen LogP contribution in [0.1, 0.15) is 114 Å². The largest absolute Gasteiger partial charge is 0.471 e. The number of aliphatic imine (C=N–C) groups is 1. The third-order valence-electron chi connectivity index (χ3n) is 14.0. The molecule has 322 valence electrons. The van der Waals surface area contributed by atoms with Crippen LogP contribution in [0.25, 0.3) is 27.9 Å². The van der Waals surface area contributed by atoms with Crippen LogP contribution in [0.15, 0.2) is 72.8 Å². The molecule has 3 aliphatic heterocycles. The molecule has 11 rings (SSSR count). The molecule has 1 amide bonds. The van der Waals surface area contributed by atoms with Crippen molar-refractivity contribution in [2.45, 2.75) is 116 Å². The molecule has 3 aliphatic carbocycles. The van der Waals surface area contributed by atoms with E-state index >= 15 is 0 Å². The number of nitrogens with one attached hydrogen (secondary N) is 2. The van der Waals surface area contributed by atoms with Crippen molar-refractivity contribution in [1.29, 1.82) is 0 Å². The molecule has 3 saturated carbocycles. The molecule has 0 unspecified atom stereocenters. The molecule has 13 nitrogen and oxygen atoms in total. The zero-order chi connectivity index (χ0) is 42.9. The standard InChI is InChI=1S/C27H32N4O3.C22H25N5O/c1-17(2)18-6-7-19-13-29-24(20(19)12-18)21-14-28-15-23(30-21)33-22-16-31(11-10-27(22)8-9-27)25(32)34-26(3,4)5;1-21(4-5-21)14-2-3-16-15(10-14)20(27-26-16)17-11-24-13-19(25-17)28-18-12-23-9-8-22(18)6-7-22/h6-7,12,14-15,22H,1,8-11,13,16H2,2-5H3;2-3,10-11,13,18,23H,4-9,12H2,1H3,(H,26,27)/t22-;18-/m00/s1. The summed E-state index contributed by atoms with van der Waals surface area (Å²) in [7, 11) is 0. The molecule has 13 heteroatoms. The first-order valence-electron chi connectivity index (χ1n) is 22.3. The zero-order valence-corrected chi connectivity index (χ0v) is 36.6. The van der Waals surface area contributed by atoms with Gasteiger partial charge in [-0.15, -0.1) is 0 Å². The number of ether oxygens (including phenoxy) is 3. The molecule has 2 saturated heterocycles. The number of aromatic nitrogens is 6. The van der Waals surface area contributed by atoms with Gasteiger partial charge in [-0.25, -0.2) is 14.8 Å². The van der Waals surface area contributed by atoms with Crippen LogP contribution in [0.5, 0.6) is 11.8 Å². The lowest BCUT2D eigenvalue weighted by Crippen LogP contribution is -2.51. The summed E-state index contributed by atoms with van der Waals surface area (Å²) in [6.07, 6.45) is 16.0. The Bertz CT molecular complexity index is 2580. The number of carbonyl (C=O) groups excluding carboxylic acids is 1. The monoisotopic (exact) mass is 835 g/mol. The molecular formula is C49H57N9O4. The number of likely N-dealkylation sites (tertiary alicyclic amines) is 1. The summed E-state index contributed by atoms with van der Waals surface area (Å²) >= 11 is 0. The molecule has 2 atom stereocenters. The predicted molar refractivity (Wildman–Crippen MR) is 238 cm³/mol. The van der Waals surface area contributed by atoms with E-state index in [1.54, 1.807) is 29.7 Å². The van der Waals surface area contributed by atoms with Gasteiger partial charge in [-0.1, -0.05) is 37.3 Å². The summed E-state index contributed by atoms with van der Waals surface area (Å²) in [5.41, 5.74) is 10.2. The van der Waals surface area contributed by atoms with E-state index < -0.39 is 5.60 Å². The quantitative estimate of drug-likeness (QED) is 0.155. The highest BCUT2D eigenvalue weighted by Crippen LogP contribution is 2.55. The van der Waals surface area contributed by atoms with Gasteiger partial charge in [0.1, 0.15) is 34.9 Å². The van der Waals surface area contributed by atoms with Crippen LogP contribution in [0, 0.1) is 10.8 Å². The molecule has 0 bridgehead atoms. The number of carbonyl (C=O) groups is 1. The van der Waals surface area contributed by atoms with Gasteiger partial charge in [0.15, 0.2) is 0 Å². The fraction of sp³-hybridized carbons (Fsp3) is 0.490. The molecule has 6 aliphatic rings. The summed E-state index contributed by atoms with van der Waals surface area (Å²) in [5.74, 6) is 1.06. The lowest BCUT2D eigenvalue weighted by molar-refractivity contribution is -0.0120. The van der Waals surface area contributed by atoms with Gasteiger partial charge >= 0.3 is 6.09 Å². The van der Waals surface area contributed by atoms with E-state index in [1.807, 2.05) is 27.7 Å². The Morgan fingerprint density at radius 2 is 1.56 bits per heavy atom. The molecular weight excluding hydrogens is 779 g/mol. The average molecular weight is 836 g/mol. The maximum Gasteiger partial charge on any atom is 0.410 e. The van der Waals surface area contributed by atoms with Crippen molar-refractivity contribution < 1.29 is 19.0 Å². The number of aromatic amines is 1. The molecule has 2 N–H and O–H groups in total. The second kappa shape index (κ2) is 15.3. The first kappa shape index (κ1) is 40.4. The lowest BCUT2D eigenvalue weighted by Gasteiger charge is -2.39. The third-order valence-corrected chi connectivity index (χ3v) is 14.0. The number of hydrogen-bond acceptors (Lipinski definition) is 11. The molecule has 3 aromatic heterocycles. The zero-order valence-electron chi connectivity index (χ0n) is 36.6. The summed E-state index contributed by atoms with van der Waals surface area (Å²) in [5, 5.41) is 12.2. The molecule has 62 heavy (non-hydrogen) atoms. The molecule has 2 aromatic carbocycles. The highest BCUT2D eigenvalue weighted by Gasteiger charge is 2.55. The van der Waals surface area contributed by atoms with Crippen molar-refractivity contribution in [3.8, 4) is 23.1 Å². The fourth-order valence-corrected chi connectivity index (χ4v) is 9.30. The summed E-state index contributed by atoms with van der Waals surface area (Å²) < 4.78 is 18.3. The van der Waals surface area contributed by atoms with Crippen molar-refractivity contribution >= 4 is 28.3 Å². The number of nitrogens with zero attached hydrogens (tertiary/aromatic N) is 7. The number of benzene rings is 2. The number of H-pyrrole nitrogens is 1. The van der Waals surface area contributed by atoms with E-state index in [0.717, 1.165) is 77.1 Å². The second-order valence-electron chi connectivity index (χ2n) is 19.8. The summed E-state index contributed by atoms with van der Waals surface area (Å²) in [6, 6.07) is 12.9. The molecule has 0 radical (unpaired) electrons. The van der Waals surface area contributed by atoms with Crippen LogP contribution < -0.4 is 14.8 Å². The first-order chi connectivity index (χ1) is 29.8. The van der Waals surface area contributed by atoms with Crippen molar-refractivity contribution in [2.75, 3.05) is 26.2 Å². The van der Waals surface area contributed by atoms with Crippen molar-refractivity contribution in [1.82, 2.24) is 40.3 Å². The van der Waals surface area contributed by atoms with E-state index in [-0.39, 0.29) is 23.7 Å². The van der Waals surface area contributed by atoms with Gasteiger partial charge in [0, 0.05) is 34.9 Å². The third kappa shape index (κ3) is 8.07. The maximum absolute atomic E-state index is 12.7. The van der Waals surface area contributed by atoms with E-state index in [4.69, 9.17) is 29.2 Å². The Hall–Kier alpha value is -5.69. The Morgan fingerprint density at radius 3 is 2.27 bits per heavy atom. The van der Waals surface area contributed by atoms with Crippen LogP contribution in [-0.2, 0) is 16.7 Å². The van der Waals surface area contributed by atoms with Crippen LogP contribution in [-0.4, -0.2) is 90.8 Å². The van der Waals surface area contributed by atoms with Crippen LogP contribution in [0.4, 0.5) is 4.79 Å². The number of hydrogen-bond donors (Lipinski definition) is 2. The van der Waals surface area contributed by atoms with Crippen molar-refractivity contribution in [3.63, 3.8) is 0 Å². The number of fused-ring (bicyclic) bond motifs is 2. The number of allylic oxidation sites excluding steroid dienone is 1. The van der Waals surface area contributed by atoms with E-state index in [2.05, 4.69) is 75.4 Å². The van der Waals surface area contributed by atoms with Gasteiger partial charge in [0.2, 0.25) is 11.8 Å². The van der Waals surface area contributed by atoms with Gasteiger partial charge in [0.05, 0.1) is 49.1 Å². The lowest BCUT2D eigenvalue weighted by atomic mass is 9.90. The minimum Gasteiger partial charge on any atom is -0.471 e. The second-order valence-corrected chi connectivity index (χ2v) is 19.8. The van der Waals surface area contributed by atoms with Crippen molar-refractivity contribution in [2.24, 2.45) is 15.8 Å². The first-order valence-corrected chi connectivity index (χ1v) is 22.3. The van der Waals surface area contributed by atoms with E-state index in [1.165, 1.54) is 43.2 Å². The van der Waals surface area contributed by atoms with Gasteiger partial charge in [-0.05, 0) is 126 Å². The molecule has 6 heterocycles. The summed E-state index contributed by atoms with van der Waals surface area (Å²) in [6.45, 7) is 17.8. The van der Waals surface area contributed by atoms with Crippen LogP contribution >= 0.6 is 0 Å². The Kier molecular flexibility index (Phi) is 9.96. The average Bonchev–Trinajstić information content (AvgIpc) is 4.23. The minimum absolute atomic E-state index is 0.115. The molecule has 2 spiro atoms. The normalized spacial score (nSPS) is 22.3. The van der Waals surface area contributed by atoms with Gasteiger partial charge in [-0.2, -0.15) is 5.10 Å². The molecule has 5 aromatic rings. The van der Waals surface area contributed by atoms with Crippen molar-refractivity contribution in [3.05, 3.63) is 95.7 Å². The highest BCUT2D eigenvalue weighted by molar-refractivity contribution is 6.14. The Balaban J connectivity index is 0.000000150. The number of rotatable bonds is 8. The minimum atomic E-state index is -0.524. The summed E-state index contributed by atoms with van der Waals surface area (Å²) in [4.78, 5) is 37.5. The van der Waals surface area contributed by atoms with Crippen LogP contribution in [0.3, 0.4) is 0 Å². The number of piperidine rings is 2. The predicted octanol–water partition coefficient (Wildman–Crippen LogP) is 8.62. The molecule has 5 fully saturated rings. The van der Waals surface area contributed by atoms with E-state index in [9.17, 15) is 4.79 Å². The Labute approximate surface area is 363 Å².